The number of hydrogen-bond donors (Lipinski definition) is 2. The zero-order chi connectivity index (χ0) is 17.7. The molecule has 1 aromatic carbocycles. The molecule has 1 saturated heterocycles. The number of carbonyl (C=O) groups is 1. The van der Waals surface area contributed by atoms with Gasteiger partial charge in [-0.3, -0.25) is 4.79 Å². The van der Waals surface area contributed by atoms with Crippen LogP contribution >= 0.6 is 0 Å². The largest absolute Gasteiger partial charge is 0.508 e. The summed E-state index contributed by atoms with van der Waals surface area (Å²) in [7, 11) is -3.04. The van der Waals surface area contributed by atoms with Crippen LogP contribution in [0, 0.1) is 11.3 Å². The fourth-order valence-electron chi connectivity index (χ4n) is 2.54. The molecule has 1 aliphatic heterocycles. The molecule has 0 spiro atoms. The Morgan fingerprint density at radius 3 is 2.62 bits per heavy atom. The van der Waals surface area contributed by atoms with E-state index in [2.05, 4.69) is 5.32 Å². The van der Waals surface area contributed by atoms with Crippen LogP contribution < -0.4 is 5.32 Å². The maximum absolute atomic E-state index is 12.2. The molecule has 1 aromatic rings. The van der Waals surface area contributed by atoms with Gasteiger partial charge < -0.3 is 15.3 Å². The predicted octanol–water partition coefficient (Wildman–Crippen LogP) is 1.25. The summed E-state index contributed by atoms with van der Waals surface area (Å²) in [6.07, 6.45) is 1.91. The summed E-state index contributed by atoms with van der Waals surface area (Å²) in [6, 6.07) is 7.52. The molecule has 1 heterocycles. The fraction of sp³-hybridized carbons (Fsp3) is 0.375. The lowest BCUT2D eigenvalue weighted by molar-refractivity contribution is -0.112. The third-order valence-electron chi connectivity index (χ3n) is 3.83. The summed E-state index contributed by atoms with van der Waals surface area (Å²) in [5, 5.41) is 21.0. The number of nitriles is 1. The standard InChI is InChI=1S/C16H19N3O4S/c1-2-19(14-7-8-24(22,23)11-14)10-12(9-17)16(21)18-13-3-5-15(20)6-4-13/h3-6,10,14,20H,2,7-8,11H2,1H3,(H,18,21)/b12-10-. The van der Waals surface area contributed by atoms with Gasteiger partial charge in [0.2, 0.25) is 0 Å². The fourth-order valence-corrected chi connectivity index (χ4v) is 4.28. The quantitative estimate of drug-likeness (QED) is 0.470. The van der Waals surface area contributed by atoms with E-state index in [9.17, 15) is 23.6 Å². The van der Waals surface area contributed by atoms with E-state index in [-0.39, 0.29) is 28.9 Å². The second-order valence-corrected chi connectivity index (χ2v) is 7.77. The lowest BCUT2D eigenvalue weighted by Gasteiger charge is -2.25. The van der Waals surface area contributed by atoms with Gasteiger partial charge in [-0.05, 0) is 37.6 Å². The van der Waals surface area contributed by atoms with Crippen LogP contribution in [-0.2, 0) is 14.6 Å². The number of anilines is 1. The molecule has 0 aliphatic carbocycles. The second-order valence-electron chi connectivity index (χ2n) is 5.54. The lowest BCUT2D eigenvalue weighted by atomic mass is 10.2. The first-order chi connectivity index (χ1) is 11.3. The van der Waals surface area contributed by atoms with E-state index in [1.807, 2.05) is 13.0 Å². The molecule has 0 radical (unpaired) electrons. The van der Waals surface area contributed by atoms with Gasteiger partial charge in [0.25, 0.3) is 5.91 Å². The lowest BCUT2D eigenvalue weighted by Crippen LogP contribution is -2.32. The van der Waals surface area contributed by atoms with Gasteiger partial charge in [0.05, 0.1) is 11.5 Å². The zero-order valence-corrected chi connectivity index (χ0v) is 14.1. The van der Waals surface area contributed by atoms with Crippen molar-refractivity contribution in [2.75, 3.05) is 23.4 Å². The van der Waals surface area contributed by atoms with Crippen LogP contribution in [-0.4, -0.2) is 48.4 Å². The number of hydrogen-bond acceptors (Lipinski definition) is 6. The Morgan fingerprint density at radius 1 is 1.46 bits per heavy atom. The molecule has 2 N–H and O–H groups in total. The molecule has 128 valence electrons. The smallest absolute Gasteiger partial charge is 0.267 e. The van der Waals surface area contributed by atoms with E-state index < -0.39 is 15.7 Å². The first-order valence-corrected chi connectivity index (χ1v) is 9.35. The van der Waals surface area contributed by atoms with Gasteiger partial charge in [-0.15, -0.1) is 0 Å². The van der Waals surface area contributed by atoms with Gasteiger partial charge in [0.15, 0.2) is 9.84 Å². The van der Waals surface area contributed by atoms with Crippen LogP contribution in [0.2, 0.25) is 0 Å². The average molecular weight is 349 g/mol. The highest BCUT2D eigenvalue weighted by atomic mass is 32.2. The Kier molecular flexibility index (Phi) is 5.46. The molecule has 1 unspecified atom stereocenters. The third-order valence-corrected chi connectivity index (χ3v) is 5.58. The van der Waals surface area contributed by atoms with Crippen LogP contribution in [0.15, 0.2) is 36.0 Å². The Balaban J connectivity index is 2.13. The van der Waals surface area contributed by atoms with Crippen molar-refractivity contribution in [1.82, 2.24) is 4.90 Å². The minimum Gasteiger partial charge on any atom is -0.508 e. The Morgan fingerprint density at radius 2 is 2.12 bits per heavy atom. The van der Waals surface area contributed by atoms with Gasteiger partial charge >= 0.3 is 0 Å². The Hall–Kier alpha value is -2.53. The summed E-state index contributed by atoms with van der Waals surface area (Å²) in [6.45, 7) is 2.34. The topological polar surface area (TPSA) is 110 Å². The number of nitrogens with one attached hydrogen (secondary N) is 1. The number of phenols is 1. The Bertz CT molecular complexity index is 779. The highest BCUT2D eigenvalue weighted by Crippen LogP contribution is 2.19. The highest BCUT2D eigenvalue weighted by molar-refractivity contribution is 7.91. The van der Waals surface area contributed by atoms with Gasteiger partial charge in [0, 0.05) is 24.5 Å². The first kappa shape index (κ1) is 17.8. The summed E-state index contributed by atoms with van der Waals surface area (Å²) in [4.78, 5) is 13.9. The van der Waals surface area contributed by atoms with E-state index in [0.29, 0.717) is 18.7 Å². The van der Waals surface area contributed by atoms with Crippen molar-refractivity contribution in [3.05, 3.63) is 36.0 Å². The molecule has 1 atom stereocenters. The van der Waals surface area contributed by atoms with Gasteiger partial charge in [-0.25, -0.2) is 8.42 Å². The number of sulfone groups is 1. The summed E-state index contributed by atoms with van der Waals surface area (Å²) >= 11 is 0. The SMILES string of the molecule is CCN(/C=C(/C#N)C(=O)Nc1ccc(O)cc1)C1CCS(=O)(=O)C1. The number of aromatic hydroxyl groups is 1. The average Bonchev–Trinajstić information content (AvgIpc) is 2.90. The molecule has 1 aliphatic rings. The van der Waals surface area contributed by atoms with Gasteiger partial charge in [-0.1, -0.05) is 0 Å². The van der Waals surface area contributed by atoms with Crippen molar-refractivity contribution in [2.24, 2.45) is 0 Å². The maximum Gasteiger partial charge on any atom is 0.267 e. The molecule has 7 nitrogen and oxygen atoms in total. The molecule has 24 heavy (non-hydrogen) atoms. The molecule has 1 amide bonds. The minimum absolute atomic E-state index is 0.0373. The van der Waals surface area contributed by atoms with E-state index in [1.54, 1.807) is 4.90 Å². The monoisotopic (exact) mass is 349 g/mol. The molecule has 0 aromatic heterocycles. The van der Waals surface area contributed by atoms with Crippen molar-refractivity contribution < 1.29 is 18.3 Å². The second kappa shape index (κ2) is 7.36. The van der Waals surface area contributed by atoms with Crippen LogP contribution in [0.5, 0.6) is 5.75 Å². The van der Waals surface area contributed by atoms with Crippen molar-refractivity contribution in [2.45, 2.75) is 19.4 Å². The number of nitrogens with zero attached hydrogens (tertiary/aromatic N) is 2. The van der Waals surface area contributed by atoms with Gasteiger partial charge in [0.1, 0.15) is 17.4 Å². The maximum atomic E-state index is 12.2. The number of rotatable bonds is 5. The number of phenolic OH excluding ortho intramolecular Hbond substituents is 1. The normalized spacial score (nSPS) is 19.5. The van der Waals surface area contributed by atoms with Crippen molar-refractivity contribution >= 4 is 21.4 Å². The highest BCUT2D eigenvalue weighted by Gasteiger charge is 2.31. The van der Waals surface area contributed by atoms with Crippen molar-refractivity contribution in [3.63, 3.8) is 0 Å². The zero-order valence-electron chi connectivity index (χ0n) is 13.3. The van der Waals surface area contributed by atoms with E-state index in [1.165, 1.54) is 30.5 Å². The van der Waals surface area contributed by atoms with E-state index >= 15 is 0 Å². The molecular formula is C16H19N3O4S. The number of benzene rings is 1. The molecule has 2 rings (SSSR count). The van der Waals surface area contributed by atoms with E-state index in [4.69, 9.17) is 0 Å². The van der Waals surface area contributed by atoms with Crippen molar-refractivity contribution in [3.8, 4) is 11.8 Å². The summed E-state index contributed by atoms with van der Waals surface area (Å²) in [5.41, 5.74) is 0.347. The number of carbonyl (C=O) groups excluding carboxylic acids is 1. The number of amides is 1. The Labute approximate surface area is 141 Å². The van der Waals surface area contributed by atoms with Crippen LogP contribution in [0.3, 0.4) is 0 Å². The third kappa shape index (κ3) is 4.49. The molecule has 1 fully saturated rings. The van der Waals surface area contributed by atoms with E-state index in [0.717, 1.165) is 0 Å². The van der Waals surface area contributed by atoms with Crippen molar-refractivity contribution in [1.29, 1.82) is 5.26 Å². The van der Waals surface area contributed by atoms with Gasteiger partial charge in [-0.2, -0.15) is 5.26 Å². The van der Waals surface area contributed by atoms with Crippen LogP contribution in [0.4, 0.5) is 5.69 Å². The summed E-state index contributed by atoms with van der Waals surface area (Å²) < 4.78 is 23.2. The molecule has 8 heteroatoms. The van der Waals surface area contributed by atoms with Crippen LogP contribution in [0.1, 0.15) is 13.3 Å². The predicted molar refractivity (Wildman–Crippen MR) is 89.9 cm³/mol. The minimum atomic E-state index is -3.04. The molecular weight excluding hydrogens is 330 g/mol. The first-order valence-electron chi connectivity index (χ1n) is 7.53. The van der Waals surface area contributed by atoms with Crippen LogP contribution in [0.25, 0.3) is 0 Å². The summed E-state index contributed by atoms with van der Waals surface area (Å²) in [5.74, 6) is -0.342. The molecule has 0 saturated carbocycles. The molecule has 0 bridgehead atoms.